The lowest BCUT2D eigenvalue weighted by Gasteiger charge is -2.14. The second-order valence-electron chi connectivity index (χ2n) is 4.73. The molecule has 0 unspecified atom stereocenters. The number of aryl methyl sites for hydroxylation is 1. The molecule has 1 heterocycles. The molecule has 0 saturated carbocycles. The highest BCUT2D eigenvalue weighted by Gasteiger charge is 2.11. The number of fused-ring (bicyclic) bond motifs is 1. The van der Waals surface area contributed by atoms with Gasteiger partial charge in [0.25, 0.3) is 0 Å². The third kappa shape index (κ3) is 2.29. The Hall–Kier alpha value is -1.48. The van der Waals surface area contributed by atoms with Crippen LogP contribution < -0.4 is 5.73 Å². The first-order valence-corrected chi connectivity index (χ1v) is 6.16. The van der Waals surface area contributed by atoms with Crippen LogP contribution in [-0.4, -0.2) is 16.2 Å². The van der Waals surface area contributed by atoms with Crippen molar-refractivity contribution < 1.29 is 5.11 Å². The molecule has 0 saturated heterocycles. The van der Waals surface area contributed by atoms with Crippen molar-refractivity contribution in [2.75, 3.05) is 6.54 Å². The summed E-state index contributed by atoms with van der Waals surface area (Å²) in [5.74, 6) is 0.323. The van der Waals surface area contributed by atoms with Crippen molar-refractivity contribution in [3.8, 4) is 5.75 Å². The molecule has 2 rings (SSSR count). The SMILES string of the molecule is CC(C)n1c(CCCN)cc2cc(O)ccc21. The van der Waals surface area contributed by atoms with Gasteiger partial charge in [0.15, 0.2) is 0 Å². The van der Waals surface area contributed by atoms with Gasteiger partial charge in [-0.25, -0.2) is 0 Å². The van der Waals surface area contributed by atoms with Crippen LogP contribution in [0.15, 0.2) is 24.3 Å². The highest BCUT2D eigenvalue weighted by atomic mass is 16.3. The van der Waals surface area contributed by atoms with Crippen molar-refractivity contribution >= 4 is 10.9 Å². The van der Waals surface area contributed by atoms with Gasteiger partial charge in [0.1, 0.15) is 5.75 Å². The number of aromatic hydroxyl groups is 1. The Balaban J connectivity index is 2.53. The Morgan fingerprint density at radius 2 is 2.06 bits per heavy atom. The van der Waals surface area contributed by atoms with Crippen LogP contribution in [0.3, 0.4) is 0 Å². The van der Waals surface area contributed by atoms with E-state index >= 15 is 0 Å². The van der Waals surface area contributed by atoms with Crippen LogP contribution in [0.1, 0.15) is 32.0 Å². The van der Waals surface area contributed by atoms with Gasteiger partial charge >= 0.3 is 0 Å². The molecule has 17 heavy (non-hydrogen) atoms. The van der Waals surface area contributed by atoms with Crippen molar-refractivity contribution in [3.63, 3.8) is 0 Å². The Morgan fingerprint density at radius 1 is 1.29 bits per heavy atom. The summed E-state index contributed by atoms with van der Waals surface area (Å²) in [6.07, 6.45) is 1.99. The van der Waals surface area contributed by atoms with E-state index < -0.39 is 0 Å². The fraction of sp³-hybridized carbons (Fsp3) is 0.429. The van der Waals surface area contributed by atoms with E-state index in [1.165, 1.54) is 11.2 Å². The summed E-state index contributed by atoms with van der Waals surface area (Å²) in [6.45, 7) is 5.07. The molecule has 3 heteroatoms. The number of hydrogen-bond acceptors (Lipinski definition) is 2. The number of rotatable bonds is 4. The van der Waals surface area contributed by atoms with Gasteiger partial charge in [0.2, 0.25) is 0 Å². The highest BCUT2D eigenvalue weighted by Crippen LogP contribution is 2.27. The molecule has 0 fully saturated rings. The zero-order chi connectivity index (χ0) is 12.4. The minimum absolute atomic E-state index is 0.323. The number of hydrogen-bond donors (Lipinski definition) is 2. The molecular weight excluding hydrogens is 212 g/mol. The Kier molecular flexibility index (Phi) is 3.38. The molecule has 1 aromatic heterocycles. The standard InChI is InChI=1S/C14H20N2O/c1-10(2)16-12(4-3-7-15)8-11-9-13(17)5-6-14(11)16/h5-6,8-10,17H,3-4,7,15H2,1-2H3. The number of phenols is 1. The largest absolute Gasteiger partial charge is 0.508 e. The Morgan fingerprint density at radius 3 is 2.71 bits per heavy atom. The van der Waals surface area contributed by atoms with E-state index in [0.717, 1.165) is 18.2 Å². The lowest BCUT2D eigenvalue weighted by atomic mass is 10.2. The first-order chi connectivity index (χ1) is 8.13. The van der Waals surface area contributed by atoms with Crippen molar-refractivity contribution in [2.24, 2.45) is 5.73 Å². The molecule has 2 aromatic rings. The smallest absolute Gasteiger partial charge is 0.116 e. The number of aromatic nitrogens is 1. The third-order valence-corrected chi connectivity index (χ3v) is 3.06. The van der Waals surface area contributed by atoms with Crippen LogP contribution in [0, 0.1) is 0 Å². The van der Waals surface area contributed by atoms with Crippen LogP contribution in [0.2, 0.25) is 0 Å². The summed E-state index contributed by atoms with van der Waals surface area (Å²) in [6, 6.07) is 8.12. The first kappa shape index (κ1) is 12.0. The summed E-state index contributed by atoms with van der Waals surface area (Å²) in [4.78, 5) is 0. The van der Waals surface area contributed by atoms with E-state index in [9.17, 15) is 5.11 Å². The molecule has 0 bridgehead atoms. The number of nitrogens with zero attached hydrogens (tertiary/aromatic N) is 1. The van der Waals surface area contributed by atoms with Gasteiger partial charge in [-0.15, -0.1) is 0 Å². The molecule has 1 aromatic carbocycles. The van der Waals surface area contributed by atoms with Crippen LogP contribution >= 0.6 is 0 Å². The van der Waals surface area contributed by atoms with Crippen LogP contribution in [0.4, 0.5) is 0 Å². The van der Waals surface area contributed by atoms with E-state index in [1.807, 2.05) is 12.1 Å². The minimum Gasteiger partial charge on any atom is -0.508 e. The number of nitrogens with two attached hydrogens (primary N) is 1. The summed E-state index contributed by atoms with van der Waals surface area (Å²) >= 11 is 0. The molecule has 3 nitrogen and oxygen atoms in total. The minimum atomic E-state index is 0.323. The molecule has 0 amide bonds. The second kappa shape index (κ2) is 4.80. The summed E-state index contributed by atoms with van der Waals surface area (Å²) < 4.78 is 2.32. The molecular formula is C14H20N2O. The van der Waals surface area contributed by atoms with Crippen molar-refractivity contribution in [1.29, 1.82) is 0 Å². The topological polar surface area (TPSA) is 51.2 Å². The molecule has 0 radical (unpaired) electrons. The average Bonchev–Trinajstić information content (AvgIpc) is 2.63. The first-order valence-electron chi connectivity index (χ1n) is 6.16. The van der Waals surface area contributed by atoms with Gasteiger partial charge in [-0.1, -0.05) is 0 Å². The van der Waals surface area contributed by atoms with Gasteiger partial charge in [-0.3, -0.25) is 0 Å². The zero-order valence-corrected chi connectivity index (χ0v) is 10.5. The quantitative estimate of drug-likeness (QED) is 0.851. The van der Waals surface area contributed by atoms with E-state index in [1.54, 1.807) is 6.07 Å². The van der Waals surface area contributed by atoms with Gasteiger partial charge in [-0.2, -0.15) is 0 Å². The van der Waals surface area contributed by atoms with Crippen molar-refractivity contribution in [3.05, 3.63) is 30.0 Å². The molecule has 0 aliphatic heterocycles. The number of phenolic OH excluding ortho intramolecular Hbond substituents is 1. The monoisotopic (exact) mass is 232 g/mol. The third-order valence-electron chi connectivity index (χ3n) is 3.06. The van der Waals surface area contributed by atoms with E-state index in [4.69, 9.17) is 5.73 Å². The van der Waals surface area contributed by atoms with Crippen LogP contribution in [0.25, 0.3) is 10.9 Å². The molecule has 0 spiro atoms. The van der Waals surface area contributed by atoms with Crippen molar-refractivity contribution in [1.82, 2.24) is 4.57 Å². The maximum atomic E-state index is 9.52. The lowest BCUT2D eigenvalue weighted by Crippen LogP contribution is -2.07. The molecule has 0 aliphatic carbocycles. The van der Waals surface area contributed by atoms with E-state index in [2.05, 4.69) is 24.5 Å². The lowest BCUT2D eigenvalue weighted by molar-refractivity contribution is 0.476. The summed E-state index contributed by atoms with van der Waals surface area (Å²) in [5, 5.41) is 10.6. The fourth-order valence-electron chi connectivity index (χ4n) is 2.37. The van der Waals surface area contributed by atoms with Crippen LogP contribution in [-0.2, 0) is 6.42 Å². The molecule has 0 aliphatic rings. The maximum Gasteiger partial charge on any atom is 0.116 e. The highest BCUT2D eigenvalue weighted by molar-refractivity contribution is 5.83. The Bertz CT molecular complexity index is 514. The Labute approximate surface area is 102 Å². The zero-order valence-electron chi connectivity index (χ0n) is 10.5. The molecule has 3 N–H and O–H groups in total. The normalized spacial score (nSPS) is 11.5. The molecule has 0 atom stereocenters. The predicted octanol–water partition coefficient (Wildman–Crippen LogP) is 2.82. The summed E-state index contributed by atoms with van der Waals surface area (Å²) in [5.41, 5.74) is 8.05. The molecule has 92 valence electrons. The fourth-order valence-corrected chi connectivity index (χ4v) is 2.37. The maximum absolute atomic E-state index is 9.52. The van der Waals surface area contributed by atoms with Gasteiger partial charge in [-0.05, 0) is 57.5 Å². The van der Waals surface area contributed by atoms with Crippen LogP contribution in [0.5, 0.6) is 5.75 Å². The average molecular weight is 232 g/mol. The predicted molar refractivity (Wildman–Crippen MR) is 71.4 cm³/mol. The van der Waals surface area contributed by atoms with Gasteiger partial charge < -0.3 is 15.4 Å². The summed E-state index contributed by atoms with van der Waals surface area (Å²) in [7, 11) is 0. The van der Waals surface area contributed by atoms with Gasteiger partial charge in [0.05, 0.1) is 0 Å². The second-order valence-corrected chi connectivity index (χ2v) is 4.73. The van der Waals surface area contributed by atoms with Crippen molar-refractivity contribution in [2.45, 2.75) is 32.7 Å². The number of benzene rings is 1. The van der Waals surface area contributed by atoms with E-state index in [0.29, 0.717) is 18.3 Å². The van der Waals surface area contributed by atoms with Gasteiger partial charge in [0, 0.05) is 22.6 Å². The van der Waals surface area contributed by atoms with E-state index in [-0.39, 0.29) is 0 Å².